The molecule has 0 amide bonds. The van der Waals surface area contributed by atoms with Gasteiger partial charge in [0.1, 0.15) is 42.2 Å². The van der Waals surface area contributed by atoms with Crippen molar-refractivity contribution in [1.29, 1.82) is 0 Å². The Bertz CT molecular complexity index is 882. The van der Waals surface area contributed by atoms with Crippen molar-refractivity contribution in [2.45, 2.75) is 67.5 Å². The predicted octanol–water partition coefficient (Wildman–Crippen LogP) is -2.53. The summed E-state index contributed by atoms with van der Waals surface area (Å²) in [6, 6.07) is 8.23. The minimum Gasteiger partial charge on any atom is -0.456 e. The first-order valence-electron chi connectivity index (χ1n) is 11.1. The zero-order chi connectivity index (χ0) is 24.2. The Labute approximate surface area is 194 Å². The lowest BCUT2D eigenvalue weighted by atomic mass is 9.82. The fraction of sp³-hybridized carbons (Fsp3) is 0.682. The third kappa shape index (κ3) is 3.84. The Morgan fingerprint density at radius 3 is 2.47 bits per heavy atom. The van der Waals surface area contributed by atoms with Crippen molar-refractivity contribution in [3.8, 4) is 0 Å². The van der Waals surface area contributed by atoms with Gasteiger partial charge in [-0.3, -0.25) is 0 Å². The molecule has 4 saturated heterocycles. The van der Waals surface area contributed by atoms with E-state index in [-0.39, 0.29) is 18.6 Å². The van der Waals surface area contributed by atoms with Gasteiger partial charge in [0.05, 0.1) is 24.7 Å². The highest BCUT2D eigenvalue weighted by atomic mass is 16.8. The molecule has 1 aliphatic carbocycles. The van der Waals surface area contributed by atoms with Crippen molar-refractivity contribution >= 4 is 5.97 Å². The molecule has 34 heavy (non-hydrogen) atoms. The highest BCUT2D eigenvalue weighted by Crippen LogP contribution is 2.53. The highest BCUT2D eigenvalue weighted by Gasteiger charge is 2.69. The number of ether oxygens (including phenoxy) is 5. The van der Waals surface area contributed by atoms with Gasteiger partial charge in [0.2, 0.25) is 0 Å². The summed E-state index contributed by atoms with van der Waals surface area (Å²) in [5, 5.41) is 62.2. The Kier molecular flexibility index (Phi) is 6.40. The van der Waals surface area contributed by atoms with Crippen LogP contribution in [0.1, 0.15) is 16.8 Å². The average molecular weight is 484 g/mol. The summed E-state index contributed by atoms with van der Waals surface area (Å²) in [5.74, 6) is -2.23. The van der Waals surface area contributed by atoms with Gasteiger partial charge in [-0.25, -0.2) is 4.79 Å². The molecule has 188 valence electrons. The van der Waals surface area contributed by atoms with E-state index < -0.39 is 85.5 Å². The van der Waals surface area contributed by atoms with E-state index in [1.165, 1.54) is 0 Å². The van der Waals surface area contributed by atoms with Gasteiger partial charge in [0, 0.05) is 12.3 Å². The summed E-state index contributed by atoms with van der Waals surface area (Å²) in [6.45, 7) is -0.956. The minimum absolute atomic E-state index is 0.200. The van der Waals surface area contributed by atoms with Crippen molar-refractivity contribution in [3.63, 3.8) is 0 Å². The van der Waals surface area contributed by atoms with E-state index >= 15 is 0 Å². The topological polar surface area (TPSA) is 185 Å². The summed E-state index contributed by atoms with van der Waals surface area (Å²) >= 11 is 0. The molecular weight excluding hydrogens is 456 g/mol. The van der Waals surface area contributed by atoms with E-state index in [0.717, 1.165) is 0 Å². The van der Waals surface area contributed by atoms with Crippen LogP contribution in [0, 0.1) is 11.8 Å². The first-order chi connectivity index (χ1) is 16.2. The second kappa shape index (κ2) is 9.06. The number of aliphatic hydroxyl groups is 6. The number of hydrogen-bond acceptors (Lipinski definition) is 12. The molecule has 0 spiro atoms. The summed E-state index contributed by atoms with van der Waals surface area (Å²) in [7, 11) is 0. The van der Waals surface area contributed by atoms with Crippen LogP contribution in [0.25, 0.3) is 0 Å². The number of aliphatic hydroxyl groups excluding tert-OH is 5. The van der Waals surface area contributed by atoms with E-state index in [2.05, 4.69) is 0 Å². The van der Waals surface area contributed by atoms with Gasteiger partial charge in [-0.1, -0.05) is 18.2 Å². The van der Waals surface area contributed by atoms with Gasteiger partial charge < -0.3 is 54.3 Å². The summed E-state index contributed by atoms with van der Waals surface area (Å²) in [4.78, 5) is 12.7. The van der Waals surface area contributed by atoms with Gasteiger partial charge in [0.25, 0.3) is 0 Å². The Morgan fingerprint density at radius 1 is 1.03 bits per heavy atom. The minimum atomic E-state index is -1.91. The predicted molar refractivity (Wildman–Crippen MR) is 108 cm³/mol. The van der Waals surface area contributed by atoms with E-state index in [1.54, 1.807) is 30.3 Å². The fourth-order valence-corrected chi connectivity index (χ4v) is 5.38. The van der Waals surface area contributed by atoms with Crippen molar-refractivity contribution in [3.05, 3.63) is 35.9 Å². The van der Waals surface area contributed by atoms with Crippen LogP contribution in [0.2, 0.25) is 0 Å². The largest absolute Gasteiger partial charge is 0.456 e. The summed E-state index contributed by atoms with van der Waals surface area (Å²) in [5.41, 5.74) is -1.62. The first-order valence-corrected chi connectivity index (χ1v) is 11.1. The molecule has 12 nitrogen and oxygen atoms in total. The Hall–Kier alpha value is -1.71. The number of fused-ring (bicyclic) bond motifs is 2. The number of esters is 1. The molecule has 0 unspecified atom stereocenters. The number of carbonyl (C=O) groups excluding carboxylic acids is 1. The van der Waals surface area contributed by atoms with Crippen LogP contribution >= 0.6 is 0 Å². The van der Waals surface area contributed by atoms with Crippen LogP contribution in [0.15, 0.2) is 30.3 Å². The molecule has 6 rings (SSSR count). The molecule has 4 aliphatic heterocycles. The molecule has 5 fully saturated rings. The quantitative estimate of drug-likeness (QED) is 0.241. The molecule has 0 aromatic heterocycles. The van der Waals surface area contributed by atoms with E-state index in [0.29, 0.717) is 0 Å². The zero-order valence-electron chi connectivity index (χ0n) is 18.0. The first kappa shape index (κ1) is 24.0. The second-order valence-corrected chi connectivity index (χ2v) is 9.18. The fourth-order valence-electron chi connectivity index (χ4n) is 5.38. The van der Waals surface area contributed by atoms with Crippen LogP contribution in [0.4, 0.5) is 0 Å². The maximum Gasteiger partial charge on any atom is 0.338 e. The van der Waals surface area contributed by atoms with E-state index in [1.807, 2.05) is 0 Å². The third-order valence-corrected chi connectivity index (χ3v) is 7.20. The third-order valence-electron chi connectivity index (χ3n) is 7.20. The van der Waals surface area contributed by atoms with Crippen LogP contribution in [-0.4, -0.2) is 111 Å². The molecule has 0 radical (unpaired) electrons. The second-order valence-electron chi connectivity index (χ2n) is 9.18. The van der Waals surface area contributed by atoms with Crippen molar-refractivity contribution in [2.24, 2.45) is 11.8 Å². The Morgan fingerprint density at radius 2 is 1.76 bits per heavy atom. The van der Waals surface area contributed by atoms with E-state index in [9.17, 15) is 35.4 Å². The van der Waals surface area contributed by atoms with Crippen LogP contribution in [-0.2, 0) is 23.7 Å². The lowest BCUT2D eigenvalue weighted by molar-refractivity contribution is -0.370. The maximum atomic E-state index is 12.7. The van der Waals surface area contributed by atoms with Crippen molar-refractivity contribution < 1.29 is 59.1 Å². The molecule has 1 saturated carbocycles. The van der Waals surface area contributed by atoms with Crippen molar-refractivity contribution in [1.82, 2.24) is 0 Å². The number of rotatable bonds is 5. The number of hydrogen-bond donors (Lipinski definition) is 6. The Balaban J connectivity index is 1.38. The normalized spacial score (nSPS) is 47.9. The van der Waals surface area contributed by atoms with Gasteiger partial charge >= 0.3 is 5.97 Å². The molecule has 1 aromatic rings. The number of carbonyl (C=O) groups is 1. The molecule has 12 heteroatoms. The molecule has 4 heterocycles. The molecule has 12 atom stereocenters. The van der Waals surface area contributed by atoms with Gasteiger partial charge in [-0.15, -0.1) is 0 Å². The van der Waals surface area contributed by atoms with Gasteiger partial charge in [0.15, 0.2) is 18.9 Å². The highest BCUT2D eigenvalue weighted by molar-refractivity contribution is 5.89. The summed E-state index contributed by atoms with van der Waals surface area (Å²) < 4.78 is 28.1. The summed E-state index contributed by atoms with van der Waals surface area (Å²) in [6.07, 6.45) is -12.2. The maximum absolute atomic E-state index is 12.7. The molecule has 4 bridgehead atoms. The van der Waals surface area contributed by atoms with Crippen LogP contribution in [0.3, 0.4) is 0 Å². The lowest BCUT2D eigenvalue weighted by Crippen LogP contribution is -2.61. The standard InChI is InChI=1S/C22H28O12/c23-7-11-14(24)15(25)16(26)21(31-11)34-20-13-10-6-12(32-20)30-8-22(13,29)18(27)17(10)33-19(28)9-4-2-1-3-5-9/h1-5,10-18,20-21,23-27,29H,6-8H2/t10-,11-,12-,13-,14-,15+,16-,17+,18-,20+,21+,22-/m1/s1. The lowest BCUT2D eigenvalue weighted by Gasteiger charge is -2.44. The van der Waals surface area contributed by atoms with Crippen molar-refractivity contribution in [2.75, 3.05) is 13.2 Å². The molecule has 5 aliphatic rings. The van der Waals surface area contributed by atoms with Gasteiger partial charge in [-0.2, -0.15) is 0 Å². The number of benzene rings is 1. The van der Waals surface area contributed by atoms with Crippen LogP contribution < -0.4 is 0 Å². The van der Waals surface area contributed by atoms with E-state index in [4.69, 9.17) is 23.7 Å². The zero-order valence-corrected chi connectivity index (χ0v) is 18.0. The molecule has 6 N–H and O–H groups in total. The van der Waals surface area contributed by atoms with Crippen LogP contribution in [0.5, 0.6) is 0 Å². The smallest absolute Gasteiger partial charge is 0.338 e. The monoisotopic (exact) mass is 484 g/mol. The molecular formula is C22H28O12. The average Bonchev–Trinajstić information content (AvgIpc) is 2.95. The molecule has 1 aromatic carbocycles. The SMILES string of the molecule is O=C(O[C@H]1[C@@H]2C[C@@H]3OC[C@@](O)([C@H]2[C@H](O[C@@H]2O[C@H](CO)[C@@H](O)[C@H](O)[C@H]2O)O3)[C@@H]1O)c1ccccc1. The van der Waals surface area contributed by atoms with Gasteiger partial charge in [-0.05, 0) is 12.1 Å².